The number of alkyl halides is 2. The number of aliphatic carboxylic acids is 1. The summed E-state index contributed by atoms with van der Waals surface area (Å²) in [7, 11) is 0. The van der Waals surface area contributed by atoms with Crippen LogP contribution in [0.2, 0.25) is 0 Å². The van der Waals surface area contributed by atoms with Crippen LogP contribution in [0.1, 0.15) is 42.6 Å². The van der Waals surface area contributed by atoms with Gasteiger partial charge in [0.2, 0.25) is 5.88 Å². The fraction of sp³-hybridized carbons (Fsp3) is 0.650. The van der Waals surface area contributed by atoms with Crippen molar-refractivity contribution in [1.29, 1.82) is 0 Å². The summed E-state index contributed by atoms with van der Waals surface area (Å²) in [5, 5.41) is 12.1. The first-order valence-electron chi connectivity index (χ1n) is 10.1. The highest BCUT2D eigenvalue weighted by molar-refractivity contribution is 5.93. The van der Waals surface area contributed by atoms with E-state index in [1.807, 2.05) is 0 Å². The highest BCUT2D eigenvalue weighted by Gasteiger charge is 2.45. The highest BCUT2D eigenvalue weighted by atomic mass is 19.3. The van der Waals surface area contributed by atoms with Gasteiger partial charge in [0.15, 0.2) is 0 Å². The lowest BCUT2D eigenvalue weighted by Crippen LogP contribution is -2.56. The number of nitrogens with one attached hydrogen (secondary N) is 1. The van der Waals surface area contributed by atoms with Crippen molar-refractivity contribution in [3.05, 3.63) is 17.8 Å². The van der Waals surface area contributed by atoms with Crippen LogP contribution in [0.15, 0.2) is 12.1 Å². The number of ether oxygens (including phenoxy) is 2. The van der Waals surface area contributed by atoms with Gasteiger partial charge in [0, 0.05) is 13.2 Å². The Morgan fingerprint density at radius 3 is 2.57 bits per heavy atom. The number of amides is 1. The molecule has 10 heteroatoms. The maximum atomic E-state index is 13.3. The first-order chi connectivity index (χ1) is 14.3. The molecule has 164 valence electrons. The number of hydrogen-bond acceptors (Lipinski definition) is 6. The van der Waals surface area contributed by atoms with Gasteiger partial charge in [0.05, 0.1) is 31.7 Å². The minimum atomic E-state index is -2.74. The summed E-state index contributed by atoms with van der Waals surface area (Å²) in [6.45, 7) is 0.316. The molecule has 3 aliphatic rings. The molecule has 0 atom stereocenters. The van der Waals surface area contributed by atoms with Gasteiger partial charge in [-0.2, -0.15) is 0 Å². The molecule has 3 fully saturated rings. The molecular formula is C20H25F2N3O5. The molecule has 0 bridgehead atoms. The van der Waals surface area contributed by atoms with E-state index in [4.69, 9.17) is 9.47 Å². The van der Waals surface area contributed by atoms with Crippen LogP contribution in [-0.2, 0) is 9.53 Å². The van der Waals surface area contributed by atoms with E-state index in [0.29, 0.717) is 44.3 Å². The largest absolute Gasteiger partial charge is 0.481 e. The standard InChI is InChI=1S/C20H25F2N3O5/c21-20(22)11-25(12-20)15-4-3-14(23-18(15)30-10-13-1-2-13)17(28)24-19(9-16(26)27)5-7-29-8-6-19/h3-4,13H,1-2,5-12H2,(H,24,28)(H,26,27). The third kappa shape index (κ3) is 4.80. The molecular weight excluding hydrogens is 400 g/mol. The van der Waals surface area contributed by atoms with E-state index in [-0.39, 0.29) is 18.0 Å². The van der Waals surface area contributed by atoms with Gasteiger partial charge in [-0.1, -0.05) is 0 Å². The van der Waals surface area contributed by atoms with Crippen LogP contribution in [0.5, 0.6) is 5.88 Å². The molecule has 1 aliphatic carbocycles. The minimum absolute atomic E-state index is 0.0630. The first kappa shape index (κ1) is 20.8. The third-order valence-electron chi connectivity index (χ3n) is 5.73. The predicted octanol–water partition coefficient (Wildman–Crippen LogP) is 2.08. The zero-order chi connectivity index (χ0) is 21.4. The molecule has 1 saturated carbocycles. The molecule has 3 heterocycles. The van der Waals surface area contributed by atoms with Gasteiger partial charge >= 0.3 is 5.97 Å². The van der Waals surface area contributed by atoms with Crippen molar-refractivity contribution >= 4 is 17.6 Å². The second kappa shape index (κ2) is 7.98. The third-order valence-corrected chi connectivity index (χ3v) is 5.73. The van der Waals surface area contributed by atoms with Gasteiger partial charge in [0.1, 0.15) is 11.4 Å². The van der Waals surface area contributed by atoms with Crippen molar-refractivity contribution in [3.8, 4) is 5.88 Å². The molecule has 1 aromatic heterocycles. The molecule has 2 aliphatic heterocycles. The number of carboxylic acids is 1. The van der Waals surface area contributed by atoms with Gasteiger partial charge in [-0.3, -0.25) is 9.59 Å². The van der Waals surface area contributed by atoms with Crippen LogP contribution in [0.25, 0.3) is 0 Å². The lowest BCUT2D eigenvalue weighted by molar-refractivity contribution is -0.139. The van der Waals surface area contributed by atoms with Crippen molar-refractivity contribution in [2.45, 2.75) is 43.6 Å². The van der Waals surface area contributed by atoms with Gasteiger partial charge in [-0.25, -0.2) is 13.8 Å². The van der Waals surface area contributed by atoms with E-state index >= 15 is 0 Å². The van der Waals surface area contributed by atoms with E-state index in [1.54, 1.807) is 6.07 Å². The van der Waals surface area contributed by atoms with Gasteiger partial charge in [-0.05, 0) is 43.7 Å². The summed E-state index contributed by atoms with van der Waals surface area (Å²) in [5.74, 6) is -3.68. The molecule has 0 spiro atoms. The number of halogens is 2. The molecule has 8 nitrogen and oxygen atoms in total. The van der Waals surface area contributed by atoms with Crippen LogP contribution in [0.3, 0.4) is 0 Å². The molecule has 2 N–H and O–H groups in total. The fourth-order valence-corrected chi connectivity index (χ4v) is 3.77. The van der Waals surface area contributed by atoms with Crippen LogP contribution in [0.4, 0.5) is 14.5 Å². The van der Waals surface area contributed by atoms with E-state index < -0.39 is 36.4 Å². The highest BCUT2D eigenvalue weighted by Crippen LogP contribution is 2.38. The number of rotatable bonds is 8. The zero-order valence-electron chi connectivity index (χ0n) is 16.5. The second-order valence-corrected chi connectivity index (χ2v) is 8.40. The SMILES string of the molecule is O=C(O)CC1(NC(=O)c2ccc(N3CC(F)(F)C3)c(OCC3CC3)n2)CCOCC1. The van der Waals surface area contributed by atoms with Gasteiger partial charge < -0.3 is 24.8 Å². The van der Waals surface area contributed by atoms with E-state index in [2.05, 4.69) is 10.3 Å². The van der Waals surface area contributed by atoms with Crippen molar-refractivity contribution in [2.75, 3.05) is 37.8 Å². The number of nitrogens with zero attached hydrogens (tertiary/aromatic N) is 2. The van der Waals surface area contributed by atoms with Crippen molar-refractivity contribution in [1.82, 2.24) is 10.3 Å². The molecule has 0 radical (unpaired) electrons. The van der Waals surface area contributed by atoms with E-state index in [9.17, 15) is 23.5 Å². The van der Waals surface area contributed by atoms with Crippen LogP contribution in [0, 0.1) is 5.92 Å². The predicted molar refractivity (Wildman–Crippen MR) is 102 cm³/mol. The number of hydrogen-bond donors (Lipinski definition) is 2. The number of aromatic nitrogens is 1. The Balaban J connectivity index is 1.52. The summed E-state index contributed by atoms with van der Waals surface area (Å²) in [6, 6.07) is 3.02. The normalized spacial score (nSPS) is 22.1. The Bertz CT molecular complexity index is 817. The molecule has 0 aromatic carbocycles. The summed E-state index contributed by atoms with van der Waals surface area (Å²) in [5.41, 5.74) is -0.409. The Morgan fingerprint density at radius 2 is 1.97 bits per heavy atom. The van der Waals surface area contributed by atoms with Crippen molar-refractivity contribution in [2.24, 2.45) is 5.92 Å². The number of pyridine rings is 1. The maximum Gasteiger partial charge on any atom is 0.305 e. The summed E-state index contributed by atoms with van der Waals surface area (Å²) in [4.78, 5) is 30.0. The lowest BCUT2D eigenvalue weighted by atomic mass is 9.86. The van der Waals surface area contributed by atoms with Crippen molar-refractivity contribution < 1.29 is 33.0 Å². The van der Waals surface area contributed by atoms with Crippen LogP contribution >= 0.6 is 0 Å². The van der Waals surface area contributed by atoms with E-state index in [0.717, 1.165) is 12.8 Å². The Labute approximate surface area is 172 Å². The maximum absolute atomic E-state index is 13.3. The Morgan fingerprint density at radius 1 is 1.27 bits per heavy atom. The molecule has 30 heavy (non-hydrogen) atoms. The number of anilines is 1. The van der Waals surface area contributed by atoms with Crippen LogP contribution < -0.4 is 15.0 Å². The number of carboxylic acid groups (broad SMARTS) is 1. The van der Waals surface area contributed by atoms with Gasteiger partial charge in [-0.15, -0.1) is 0 Å². The summed E-state index contributed by atoms with van der Waals surface area (Å²) in [6.07, 6.45) is 2.66. The fourth-order valence-electron chi connectivity index (χ4n) is 3.77. The molecule has 0 unspecified atom stereocenters. The number of carbonyl (C=O) groups is 2. The van der Waals surface area contributed by atoms with E-state index in [1.165, 1.54) is 11.0 Å². The molecule has 4 rings (SSSR count). The van der Waals surface area contributed by atoms with Crippen molar-refractivity contribution in [3.63, 3.8) is 0 Å². The van der Waals surface area contributed by atoms with Gasteiger partial charge in [0.25, 0.3) is 11.8 Å². The molecule has 1 amide bonds. The monoisotopic (exact) mass is 425 g/mol. The summed E-state index contributed by atoms with van der Waals surface area (Å²) >= 11 is 0. The topological polar surface area (TPSA) is 101 Å². The lowest BCUT2D eigenvalue weighted by Gasteiger charge is -2.40. The zero-order valence-corrected chi connectivity index (χ0v) is 16.5. The minimum Gasteiger partial charge on any atom is -0.481 e. The average molecular weight is 425 g/mol. The second-order valence-electron chi connectivity index (χ2n) is 8.40. The first-order valence-corrected chi connectivity index (χ1v) is 10.1. The van der Waals surface area contributed by atoms with Crippen LogP contribution in [-0.4, -0.2) is 66.3 Å². The molecule has 2 saturated heterocycles. The average Bonchev–Trinajstić information content (AvgIpc) is 3.48. The smallest absolute Gasteiger partial charge is 0.305 e. The Hall–Kier alpha value is -2.49. The molecule has 1 aromatic rings. The number of carbonyl (C=O) groups excluding carboxylic acids is 1. The summed E-state index contributed by atoms with van der Waals surface area (Å²) < 4.78 is 37.7. The Kier molecular flexibility index (Phi) is 5.52. The quantitative estimate of drug-likeness (QED) is 0.658.